The van der Waals surface area contributed by atoms with Crippen molar-refractivity contribution >= 4 is 11.8 Å². The van der Waals surface area contributed by atoms with E-state index >= 15 is 0 Å². The molecule has 0 saturated carbocycles. The van der Waals surface area contributed by atoms with Gasteiger partial charge in [0.15, 0.2) is 0 Å². The lowest BCUT2D eigenvalue weighted by molar-refractivity contribution is -0.139. The lowest BCUT2D eigenvalue weighted by Gasteiger charge is -2.14. The summed E-state index contributed by atoms with van der Waals surface area (Å²) in [5.41, 5.74) is 0.561. The lowest BCUT2D eigenvalue weighted by atomic mass is 10.1. The second-order valence-corrected chi connectivity index (χ2v) is 4.47. The predicted molar refractivity (Wildman–Crippen MR) is 67.2 cm³/mol. The highest BCUT2D eigenvalue weighted by Gasteiger charge is 2.35. The van der Waals surface area contributed by atoms with E-state index in [2.05, 4.69) is 0 Å². The van der Waals surface area contributed by atoms with Gasteiger partial charge in [0.25, 0.3) is 0 Å². The van der Waals surface area contributed by atoms with Gasteiger partial charge >= 0.3 is 0 Å². The average Bonchev–Trinajstić information content (AvgIpc) is 2.66. The van der Waals surface area contributed by atoms with Gasteiger partial charge < -0.3 is 4.74 Å². The molecule has 5 nitrogen and oxygen atoms in total. The Kier molecular flexibility index (Phi) is 3.81. The Morgan fingerprint density at radius 2 is 2.05 bits per heavy atom. The zero-order chi connectivity index (χ0) is 13.8. The molecule has 2 rings (SSSR count). The van der Waals surface area contributed by atoms with Crippen molar-refractivity contribution in [3.8, 4) is 11.8 Å². The van der Waals surface area contributed by atoms with Gasteiger partial charge in [-0.2, -0.15) is 5.26 Å². The maximum Gasteiger partial charge on any atom is 0.232 e. The first-order chi connectivity index (χ1) is 9.11. The van der Waals surface area contributed by atoms with Crippen molar-refractivity contribution in [1.29, 1.82) is 5.26 Å². The monoisotopic (exact) mass is 258 g/mol. The van der Waals surface area contributed by atoms with Crippen molar-refractivity contribution in [3.05, 3.63) is 29.8 Å². The van der Waals surface area contributed by atoms with Crippen molar-refractivity contribution in [1.82, 2.24) is 4.90 Å². The molecule has 19 heavy (non-hydrogen) atoms. The molecule has 1 atom stereocenters. The number of nitrogens with zero attached hydrogens (tertiary/aromatic N) is 2. The minimum Gasteiger partial charge on any atom is -0.492 e. The molecule has 1 unspecified atom stereocenters. The molecule has 0 spiro atoms. The van der Waals surface area contributed by atoms with Crippen LogP contribution in [0.2, 0.25) is 0 Å². The van der Waals surface area contributed by atoms with Gasteiger partial charge in [0.1, 0.15) is 12.4 Å². The molecule has 0 aromatic heterocycles. The molecule has 0 aliphatic carbocycles. The largest absolute Gasteiger partial charge is 0.492 e. The van der Waals surface area contributed by atoms with E-state index in [-0.39, 0.29) is 37.3 Å². The summed E-state index contributed by atoms with van der Waals surface area (Å²) >= 11 is 0. The van der Waals surface area contributed by atoms with Gasteiger partial charge in [-0.3, -0.25) is 14.5 Å². The number of carbonyl (C=O) groups excluding carboxylic acids is 2. The molecule has 1 aromatic carbocycles. The van der Waals surface area contributed by atoms with Gasteiger partial charge in [-0.15, -0.1) is 0 Å². The standard InChI is InChI=1S/C14H14N2O3/c1-10-8-13(17)16(14(10)18)6-7-19-12-4-2-11(9-15)3-5-12/h2-5,10H,6-8H2,1H3. The summed E-state index contributed by atoms with van der Waals surface area (Å²) in [5.74, 6) is 0.128. The molecular formula is C14H14N2O3. The number of hydrogen-bond acceptors (Lipinski definition) is 4. The summed E-state index contributed by atoms with van der Waals surface area (Å²) in [6, 6.07) is 8.71. The van der Waals surface area contributed by atoms with E-state index in [1.54, 1.807) is 31.2 Å². The van der Waals surface area contributed by atoms with Crippen LogP contribution in [0.3, 0.4) is 0 Å². The van der Waals surface area contributed by atoms with Gasteiger partial charge in [-0.1, -0.05) is 6.92 Å². The van der Waals surface area contributed by atoms with Crippen LogP contribution < -0.4 is 4.74 Å². The number of carbonyl (C=O) groups is 2. The highest BCUT2D eigenvalue weighted by molar-refractivity contribution is 6.03. The Bertz CT molecular complexity index is 531. The lowest BCUT2D eigenvalue weighted by Crippen LogP contribution is -2.34. The third-order valence-corrected chi connectivity index (χ3v) is 3.04. The second kappa shape index (κ2) is 5.53. The smallest absolute Gasteiger partial charge is 0.232 e. The van der Waals surface area contributed by atoms with E-state index in [4.69, 9.17) is 10.00 Å². The van der Waals surface area contributed by atoms with E-state index in [0.717, 1.165) is 0 Å². The number of ether oxygens (including phenoxy) is 1. The van der Waals surface area contributed by atoms with Crippen LogP contribution in [0.5, 0.6) is 5.75 Å². The summed E-state index contributed by atoms with van der Waals surface area (Å²) in [6.07, 6.45) is 0.287. The summed E-state index contributed by atoms with van der Waals surface area (Å²) in [7, 11) is 0. The zero-order valence-corrected chi connectivity index (χ0v) is 10.6. The number of rotatable bonds is 4. The fourth-order valence-corrected chi connectivity index (χ4v) is 1.96. The Morgan fingerprint density at radius 3 is 2.58 bits per heavy atom. The predicted octanol–water partition coefficient (Wildman–Crippen LogP) is 1.33. The molecule has 1 saturated heterocycles. The Labute approximate surface area is 111 Å². The van der Waals surface area contributed by atoms with E-state index in [0.29, 0.717) is 11.3 Å². The Hall–Kier alpha value is -2.35. The van der Waals surface area contributed by atoms with Gasteiger partial charge in [-0.05, 0) is 24.3 Å². The number of likely N-dealkylation sites (tertiary alicyclic amines) is 1. The molecule has 1 aromatic rings. The third kappa shape index (κ3) is 2.91. The van der Waals surface area contributed by atoms with Crippen LogP contribution in [-0.4, -0.2) is 29.9 Å². The minimum atomic E-state index is -0.220. The SMILES string of the molecule is CC1CC(=O)N(CCOc2ccc(C#N)cc2)C1=O. The van der Waals surface area contributed by atoms with E-state index in [1.165, 1.54) is 4.90 Å². The first kappa shape index (κ1) is 13.1. The molecule has 1 aliphatic rings. The fraction of sp³-hybridized carbons (Fsp3) is 0.357. The molecule has 0 radical (unpaired) electrons. The molecule has 2 amide bonds. The van der Waals surface area contributed by atoms with Crippen LogP contribution in [0, 0.1) is 17.2 Å². The van der Waals surface area contributed by atoms with E-state index in [9.17, 15) is 9.59 Å². The van der Waals surface area contributed by atoms with Crippen LogP contribution >= 0.6 is 0 Å². The number of amides is 2. The van der Waals surface area contributed by atoms with Crippen LogP contribution in [0.15, 0.2) is 24.3 Å². The molecule has 0 bridgehead atoms. The Morgan fingerprint density at radius 1 is 1.37 bits per heavy atom. The molecule has 98 valence electrons. The molecule has 5 heteroatoms. The van der Waals surface area contributed by atoms with Crippen molar-refractivity contribution in [2.24, 2.45) is 5.92 Å². The summed E-state index contributed by atoms with van der Waals surface area (Å²) < 4.78 is 5.44. The summed E-state index contributed by atoms with van der Waals surface area (Å²) in [4.78, 5) is 24.4. The highest BCUT2D eigenvalue weighted by atomic mass is 16.5. The molecule has 1 heterocycles. The van der Waals surface area contributed by atoms with Crippen molar-refractivity contribution in [3.63, 3.8) is 0 Å². The normalized spacial score (nSPS) is 18.5. The molecular weight excluding hydrogens is 244 g/mol. The van der Waals surface area contributed by atoms with Gasteiger partial charge in [0.2, 0.25) is 11.8 Å². The van der Waals surface area contributed by atoms with Gasteiger partial charge in [-0.25, -0.2) is 0 Å². The topological polar surface area (TPSA) is 70.4 Å². The second-order valence-electron chi connectivity index (χ2n) is 4.47. The number of hydrogen-bond donors (Lipinski definition) is 0. The van der Waals surface area contributed by atoms with E-state index < -0.39 is 0 Å². The summed E-state index contributed by atoms with van der Waals surface area (Å²) in [6.45, 7) is 2.28. The maximum atomic E-state index is 11.7. The number of nitriles is 1. The molecule has 0 N–H and O–H groups in total. The summed E-state index contributed by atoms with van der Waals surface area (Å²) in [5, 5.41) is 8.66. The van der Waals surface area contributed by atoms with Crippen molar-refractivity contribution < 1.29 is 14.3 Å². The number of imide groups is 1. The quantitative estimate of drug-likeness (QED) is 0.764. The van der Waals surface area contributed by atoms with Gasteiger partial charge in [0.05, 0.1) is 18.2 Å². The van der Waals surface area contributed by atoms with Crippen molar-refractivity contribution in [2.75, 3.05) is 13.2 Å². The third-order valence-electron chi connectivity index (χ3n) is 3.04. The molecule has 1 aliphatic heterocycles. The average molecular weight is 258 g/mol. The van der Waals surface area contributed by atoms with Gasteiger partial charge in [0, 0.05) is 12.3 Å². The van der Waals surface area contributed by atoms with Crippen LogP contribution in [-0.2, 0) is 9.59 Å². The minimum absolute atomic E-state index is 0.131. The first-order valence-corrected chi connectivity index (χ1v) is 6.09. The number of benzene rings is 1. The van der Waals surface area contributed by atoms with Crippen LogP contribution in [0.25, 0.3) is 0 Å². The van der Waals surface area contributed by atoms with E-state index in [1.807, 2.05) is 6.07 Å². The molecule has 1 fully saturated rings. The highest BCUT2D eigenvalue weighted by Crippen LogP contribution is 2.18. The van der Waals surface area contributed by atoms with Crippen LogP contribution in [0.4, 0.5) is 0 Å². The van der Waals surface area contributed by atoms with Crippen LogP contribution in [0.1, 0.15) is 18.9 Å². The first-order valence-electron chi connectivity index (χ1n) is 6.09. The Balaban J connectivity index is 1.85. The zero-order valence-electron chi connectivity index (χ0n) is 10.6. The fourth-order valence-electron chi connectivity index (χ4n) is 1.96. The van der Waals surface area contributed by atoms with Crippen molar-refractivity contribution in [2.45, 2.75) is 13.3 Å². The maximum absolute atomic E-state index is 11.7.